The number of ether oxygens (including phenoxy) is 1. The monoisotopic (exact) mass is 279 g/mol. The van der Waals surface area contributed by atoms with Crippen LogP contribution in [0.3, 0.4) is 0 Å². The van der Waals surface area contributed by atoms with Crippen LogP contribution in [0.2, 0.25) is 0 Å². The standard InChI is InChI=1S/C17H13NO3/c19-17(20-12-13-6-2-1-3-7-13)11-10-16-18-14-8-4-5-9-15(14)21-16/h1-11H,12H2/b11-10+. The summed E-state index contributed by atoms with van der Waals surface area (Å²) in [6, 6.07) is 16.9. The molecule has 0 fully saturated rings. The van der Waals surface area contributed by atoms with E-state index < -0.39 is 5.97 Å². The Labute approximate surface area is 121 Å². The Balaban J connectivity index is 1.61. The summed E-state index contributed by atoms with van der Waals surface area (Å²) < 4.78 is 10.6. The smallest absolute Gasteiger partial charge is 0.331 e. The van der Waals surface area contributed by atoms with E-state index in [1.807, 2.05) is 54.6 Å². The number of rotatable bonds is 4. The maximum Gasteiger partial charge on any atom is 0.331 e. The molecule has 0 unspecified atom stereocenters. The normalized spacial score (nSPS) is 11.0. The van der Waals surface area contributed by atoms with Gasteiger partial charge in [0.25, 0.3) is 0 Å². The van der Waals surface area contributed by atoms with Gasteiger partial charge in [-0.3, -0.25) is 0 Å². The van der Waals surface area contributed by atoms with Crippen LogP contribution in [0.4, 0.5) is 0 Å². The van der Waals surface area contributed by atoms with Crippen molar-refractivity contribution in [3.8, 4) is 0 Å². The number of para-hydroxylation sites is 2. The number of nitrogens with zero attached hydrogens (tertiary/aromatic N) is 1. The fourth-order valence-corrected chi connectivity index (χ4v) is 1.88. The highest BCUT2D eigenvalue weighted by Gasteiger charge is 2.03. The van der Waals surface area contributed by atoms with E-state index in [0.29, 0.717) is 11.5 Å². The molecule has 0 saturated carbocycles. The van der Waals surface area contributed by atoms with Crippen molar-refractivity contribution < 1.29 is 13.9 Å². The third kappa shape index (κ3) is 3.36. The second-order valence-electron chi connectivity index (χ2n) is 4.45. The minimum absolute atomic E-state index is 0.248. The van der Waals surface area contributed by atoms with Crippen LogP contribution >= 0.6 is 0 Å². The van der Waals surface area contributed by atoms with Crippen LogP contribution < -0.4 is 0 Å². The molecule has 0 spiro atoms. The van der Waals surface area contributed by atoms with Crippen LogP contribution in [-0.2, 0) is 16.1 Å². The van der Waals surface area contributed by atoms with Crippen LogP contribution in [0, 0.1) is 0 Å². The molecule has 1 aromatic heterocycles. The lowest BCUT2D eigenvalue weighted by molar-refractivity contribution is -0.138. The van der Waals surface area contributed by atoms with Gasteiger partial charge in [-0.15, -0.1) is 0 Å². The first-order valence-corrected chi connectivity index (χ1v) is 6.55. The van der Waals surface area contributed by atoms with Crippen molar-refractivity contribution in [2.24, 2.45) is 0 Å². The highest BCUT2D eigenvalue weighted by Crippen LogP contribution is 2.15. The molecule has 3 rings (SSSR count). The summed E-state index contributed by atoms with van der Waals surface area (Å²) in [4.78, 5) is 15.9. The van der Waals surface area contributed by atoms with Gasteiger partial charge in [-0.05, 0) is 17.7 Å². The molecule has 0 atom stereocenters. The molecule has 21 heavy (non-hydrogen) atoms. The second kappa shape index (κ2) is 6.05. The van der Waals surface area contributed by atoms with E-state index in [0.717, 1.165) is 11.1 Å². The van der Waals surface area contributed by atoms with Crippen molar-refractivity contribution in [2.45, 2.75) is 6.61 Å². The van der Waals surface area contributed by atoms with Crippen LogP contribution in [0.15, 0.2) is 65.1 Å². The maximum atomic E-state index is 11.6. The second-order valence-corrected chi connectivity index (χ2v) is 4.45. The molecule has 0 aliphatic heterocycles. The SMILES string of the molecule is O=C(/C=C/c1nc2ccccc2o1)OCc1ccccc1. The van der Waals surface area contributed by atoms with Crippen molar-refractivity contribution in [1.82, 2.24) is 4.98 Å². The van der Waals surface area contributed by atoms with Gasteiger partial charge in [0.15, 0.2) is 5.58 Å². The minimum Gasteiger partial charge on any atom is -0.458 e. The number of fused-ring (bicyclic) bond motifs is 1. The molecule has 104 valence electrons. The van der Waals surface area contributed by atoms with E-state index >= 15 is 0 Å². The summed E-state index contributed by atoms with van der Waals surface area (Å²) in [6.07, 6.45) is 2.82. The number of aromatic nitrogens is 1. The minimum atomic E-state index is -0.430. The summed E-state index contributed by atoms with van der Waals surface area (Å²) in [5.74, 6) is -0.0472. The quantitative estimate of drug-likeness (QED) is 0.541. The third-order valence-electron chi connectivity index (χ3n) is 2.90. The predicted octanol–water partition coefficient (Wildman–Crippen LogP) is 3.58. The maximum absolute atomic E-state index is 11.6. The highest BCUT2D eigenvalue weighted by molar-refractivity contribution is 5.86. The van der Waals surface area contributed by atoms with Gasteiger partial charge in [-0.1, -0.05) is 42.5 Å². The Hall–Kier alpha value is -2.88. The number of benzene rings is 2. The summed E-state index contributed by atoms with van der Waals surface area (Å²) in [6.45, 7) is 0.248. The zero-order chi connectivity index (χ0) is 14.5. The Morgan fingerprint density at radius 3 is 2.67 bits per heavy atom. The molecule has 0 N–H and O–H groups in total. The molecule has 3 aromatic rings. The van der Waals surface area contributed by atoms with E-state index in [-0.39, 0.29) is 6.61 Å². The first-order valence-electron chi connectivity index (χ1n) is 6.55. The number of oxazole rings is 1. The van der Waals surface area contributed by atoms with Gasteiger partial charge in [0.05, 0.1) is 0 Å². The van der Waals surface area contributed by atoms with Gasteiger partial charge >= 0.3 is 5.97 Å². The van der Waals surface area contributed by atoms with E-state index in [4.69, 9.17) is 9.15 Å². The molecule has 0 aliphatic carbocycles. The van der Waals surface area contributed by atoms with Crippen LogP contribution in [0.25, 0.3) is 17.2 Å². The molecule has 0 amide bonds. The van der Waals surface area contributed by atoms with E-state index in [1.54, 1.807) is 0 Å². The Morgan fingerprint density at radius 1 is 1.10 bits per heavy atom. The third-order valence-corrected chi connectivity index (χ3v) is 2.90. The lowest BCUT2D eigenvalue weighted by Crippen LogP contribution is -2.00. The number of carbonyl (C=O) groups is 1. The molecular weight excluding hydrogens is 266 g/mol. The van der Waals surface area contributed by atoms with E-state index in [2.05, 4.69) is 4.98 Å². The lowest BCUT2D eigenvalue weighted by Gasteiger charge is -2.00. The highest BCUT2D eigenvalue weighted by atomic mass is 16.5. The molecule has 0 aliphatic rings. The number of hydrogen-bond donors (Lipinski definition) is 0. The zero-order valence-electron chi connectivity index (χ0n) is 11.2. The predicted molar refractivity (Wildman–Crippen MR) is 79.3 cm³/mol. The zero-order valence-corrected chi connectivity index (χ0v) is 11.2. The largest absolute Gasteiger partial charge is 0.458 e. The number of hydrogen-bond acceptors (Lipinski definition) is 4. The summed E-state index contributed by atoms with van der Waals surface area (Å²) in [7, 11) is 0. The topological polar surface area (TPSA) is 52.3 Å². The van der Waals surface area contributed by atoms with Gasteiger partial charge in [0.1, 0.15) is 12.1 Å². The van der Waals surface area contributed by atoms with Gasteiger partial charge in [-0.25, -0.2) is 9.78 Å². The first-order chi connectivity index (χ1) is 10.3. The summed E-state index contributed by atoms with van der Waals surface area (Å²) in [5.41, 5.74) is 2.39. The van der Waals surface area contributed by atoms with Crippen molar-refractivity contribution in [3.63, 3.8) is 0 Å². The van der Waals surface area contributed by atoms with E-state index in [1.165, 1.54) is 12.2 Å². The van der Waals surface area contributed by atoms with Crippen LogP contribution in [0.1, 0.15) is 11.5 Å². The van der Waals surface area contributed by atoms with Crippen LogP contribution in [-0.4, -0.2) is 11.0 Å². The van der Waals surface area contributed by atoms with E-state index in [9.17, 15) is 4.79 Å². The molecule has 2 aromatic carbocycles. The average molecular weight is 279 g/mol. The summed E-state index contributed by atoms with van der Waals surface area (Å²) >= 11 is 0. The molecule has 4 heteroatoms. The lowest BCUT2D eigenvalue weighted by atomic mass is 10.2. The Bertz CT molecular complexity index is 742. The first kappa shape index (κ1) is 13.1. The molecule has 4 nitrogen and oxygen atoms in total. The molecule has 0 saturated heterocycles. The summed E-state index contributed by atoms with van der Waals surface area (Å²) in [5, 5.41) is 0. The van der Waals surface area contributed by atoms with Crippen molar-refractivity contribution in [1.29, 1.82) is 0 Å². The molecular formula is C17H13NO3. The van der Waals surface area contributed by atoms with Crippen molar-refractivity contribution in [2.75, 3.05) is 0 Å². The Morgan fingerprint density at radius 2 is 1.86 bits per heavy atom. The number of esters is 1. The van der Waals surface area contributed by atoms with Crippen molar-refractivity contribution >= 4 is 23.1 Å². The Kier molecular flexibility index (Phi) is 3.78. The number of carbonyl (C=O) groups excluding carboxylic acids is 1. The van der Waals surface area contributed by atoms with Gasteiger partial charge in [0, 0.05) is 12.2 Å². The average Bonchev–Trinajstić information content (AvgIpc) is 2.95. The van der Waals surface area contributed by atoms with Crippen LogP contribution in [0.5, 0.6) is 0 Å². The molecule has 0 bridgehead atoms. The fourth-order valence-electron chi connectivity index (χ4n) is 1.88. The molecule has 0 radical (unpaired) electrons. The van der Waals surface area contributed by atoms with Crippen molar-refractivity contribution in [3.05, 3.63) is 72.1 Å². The van der Waals surface area contributed by atoms with Gasteiger partial charge < -0.3 is 9.15 Å². The van der Waals surface area contributed by atoms with Gasteiger partial charge in [-0.2, -0.15) is 0 Å². The molecule has 1 heterocycles. The fraction of sp³-hybridized carbons (Fsp3) is 0.0588. The van der Waals surface area contributed by atoms with Gasteiger partial charge in [0.2, 0.25) is 5.89 Å².